The van der Waals surface area contributed by atoms with Crippen LogP contribution in [0.1, 0.15) is 18.9 Å². The Kier molecular flexibility index (Phi) is 4.20. The van der Waals surface area contributed by atoms with Gasteiger partial charge in [-0.2, -0.15) is 0 Å². The van der Waals surface area contributed by atoms with E-state index in [1.54, 1.807) is 6.92 Å². The third-order valence-corrected chi connectivity index (χ3v) is 3.33. The standard InChI is InChI=1S/C15H18N2O3/c1-10(16)14(18)17-9-12(8-13(17)15(19)20)7-11-5-3-2-4-6-11/h2-7,10,13H,8-9,16H2,1H3,(H,19,20)/t10-,13-/m0/s1. The van der Waals surface area contributed by atoms with Crippen LogP contribution in [0.25, 0.3) is 6.08 Å². The van der Waals surface area contributed by atoms with Gasteiger partial charge in [-0.25, -0.2) is 4.79 Å². The summed E-state index contributed by atoms with van der Waals surface area (Å²) in [6.07, 6.45) is 2.28. The molecule has 1 heterocycles. The predicted molar refractivity (Wildman–Crippen MR) is 75.8 cm³/mol. The van der Waals surface area contributed by atoms with E-state index in [-0.39, 0.29) is 5.91 Å². The number of hydrogen-bond acceptors (Lipinski definition) is 3. The smallest absolute Gasteiger partial charge is 0.326 e. The van der Waals surface area contributed by atoms with Crippen molar-refractivity contribution in [2.75, 3.05) is 6.54 Å². The van der Waals surface area contributed by atoms with E-state index in [9.17, 15) is 14.7 Å². The van der Waals surface area contributed by atoms with Crippen molar-refractivity contribution >= 4 is 18.0 Å². The lowest BCUT2D eigenvalue weighted by Gasteiger charge is -2.22. The lowest BCUT2D eigenvalue weighted by Crippen LogP contribution is -2.47. The number of likely N-dealkylation sites (tertiary alicyclic amines) is 1. The summed E-state index contributed by atoms with van der Waals surface area (Å²) < 4.78 is 0. The van der Waals surface area contributed by atoms with Gasteiger partial charge in [-0.3, -0.25) is 4.79 Å². The second-order valence-electron chi connectivity index (χ2n) is 5.03. The summed E-state index contributed by atoms with van der Waals surface area (Å²) >= 11 is 0. The molecule has 5 heteroatoms. The summed E-state index contributed by atoms with van der Waals surface area (Å²) in [7, 11) is 0. The van der Waals surface area contributed by atoms with Crippen LogP contribution >= 0.6 is 0 Å². The van der Waals surface area contributed by atoms with Crippen molar-refractivity contribution in [3.8, 4) is 0 Å². The fourth-order valence-electron chi connectivity index (χ4n) is 2.36. The van der Waals surface area contributed by atoms with E-state index in [0.717, 1.165) is 11.1 Å². The molecule has 5 nitrogen and oxygen atoms in total. The molecule has 1 amide bonds. The molecule has 1 aromatic carbocycles. The largest absolute Gasteiger partial charge is 0.480 e. The minimum Gasteiger partial charge on any atom is -0.480 e. The van der Waals surface area contributed by atoms with E-state index >= 15 is 0 Å². The maximum Gasteiger partial charge on any atom is 0.326 e. The van der Waals surface area contributed by atoms with Gasteiger partial charge in [-0.1, -0.05) is 36.4 Å². The van der Waals surface area contributed by atoms with Crippen LogP contribution in [0.5, 0.6) is 0 Å². The van der Waals surface area contributed by atoms with Crippen LogP contribution in [0.2, 0.25) is 0 Å². The van der Waals surface area contributed by atoms with Crippen molar-refractivity contribution in [3.63, 3.8) is 0 Å². The minimum absolute atomic E-state index is 0.325. The van der Waals surface area contributed by atoms with Crippen LogP contribution in [0.4, 0.5) is 0 Å². The molecule has 2 atom stereocenters. The van der Waals surface area contributed by atoms with Gasteiger partial charge >= 0.3 is 5.97 Å². The Morgan fingerprint density at radius 1 is 1.40 bits per heavy atom. The highest BCUT2D eigenvalue weighted by molar-refractivity contribution is 5.88. The van der Waals surface area contributed by atoms with Gasteiger partial charge in [0.25, 0.3) is 0 Å². The van der Waals surface area contributed by atoms with Crippen molar-refractivity contribution in [1.82, 2.24) is 4.90 Å². The molecule has 106 valence electrons. The quantitative estimate of drug-likeness (QED) is 0.864. The first-order valence-electron chi connectivity index (χ1n) is 6.52. The number of amides is 1. The van der Waals surface area contributed by atoms with Crippen molar-refractivity contribution < 1.29 is 14.7 Å². The average molecular weight is 274 g/mol. The first kappa shape index (κ1) is 14.3. The molecular formula is C15H18N2O3. The van der Waals surface area contributed by atoms with Gasteiger partial charge in [0.05, 0.1) is 6.04 Å². The SMILES string of the molecule is C[C@H](N)C(=O)N1CC(=Cc2ccccc2)C[C@H]1C(=O)O. The van der Waals surface area contributed by atoms with Crippen LogP contribution in [-0.2, 0) is 9.59 Å². The molecular weight excluding hydrogens is 256 g/mol. The first-order chi connectivity index (χ1) is 9.49. The number of carbonyl (C=O) groups is 2. The van der Waals surface area contributed by atoms with E-state index < -0.39 is 18.1 Å². The van der Waals surface area contributed by atoms with Crippen LogP contribution in [-0.4, -0.2) is 40.5 Å². The predicted octanol–water partition coefficient (Wildman–Crippen LogP) is 1.10. The maximum atomic E-state index is 12.0. The number of carboxylic acid groups (broad SMARTS) is 1. The van der Waals surface area contributed by atoms with Crippen LogP contribution < -0.4 is 5.73 Å². The van der Waals surface area contributed by atoms with Crippen LogP contribution in [0, 0.1) is 0 Å². The van der Waals surface area contributed by atoms with E-state index in [2.05, 4.69) is 0 Å². The minimum atomic E-state index is -0.990. The summed E-state index contributed by atoms with van der Waals surface area (Å²) in [5.74, 6) is -1.32. The topological polar surface area (TPSA) is 83.6 Å². The van der Waals surface area contributed by atoms with Crippen molar-refractivity contribution in [3.05, 3.63) is 41.5 Å². The molecule has 2 rings (SSSR count). The van der Waals surface area contributed by atoms with Crippen molar-refractivity contribution in [1.29, 1.82) is 0 Å². The summed E-state index contributed by atoms with van der Waals surface area (Å²) in [6.45, 7) is 1.90. The summed E-state index contributed by atoms with van der Waals surface area (Å²) in [4.78, 5) is 24.6. The molecule has 1 aromatic rings. The number of nitrogens with zero attached hydrogens (tertiary/aromatic N) is 1. The molecule has 0 saturated carbocycles. The number of nitrogens with two attached hydrogens (primary N) is 1. The molecule has 0 bridgehead atoms. The molecule has 0 aromatic heterocycles. The number of aliphatic carboxylic acids is 1. The fourth-order valence-corrected chi connectivity index (χ4v) is 2.36. The molecule has 1 aliphatic rings. The van der Waals surface area contributed by atoms with Crippen LogP contribution in [0.3, 0.4) is 0 Å². The number of carbonyl (C=O) groups excluding carboxylic acids is 1. The van der Waals surface area contributed by atoms with Gasteiger partial charge in [0, 0.05) is 13.0 Å². The van der Waals surface area contributed by atoms with Gasteiger partial charge in [0.15, 0.2) is 0 Å². The maximum absolute atomic E-state index is 12.0. The molecule has 1 fully saturated rings. The monoisotopic (exact) mass is 274 g/mol. The second-order valence-corrected chi connectivity index (χ2v) is 5.03. The number of rotatable bonds is 3. The van der Waals surface area contributed by atoms with Gasteiger partial charge in [0.2, 0.25) is 5.91 Å². The van der Waals surface area contributed by atoms with Crippen LogP contribution in [0.15, 0.2) is 35.9 Å². The van der Waals surface area contributed by atoms with Gasteiger partial charge < -0.3 is 15.7 Å². The highest BCUT2D eigenvalue weighted by Gasteiger charge is 2.37. The Bertz CT molecular complexity index is 537. The molecule has 0 radical (unpaired) electrons. The molecule has 0 spiro atoms. The Morgan fingerprint density at radius 2 is 2.05 bits per heavy atom. The lowest BCUT2D eigenvalue weighted by molar-refractivity contribution is -0.148. The Hall–Kier alpha value is -2.14. The van der Waals surface area contributed by atoms with E-state index in [4.69, 9.17) is 5.73 Å². The number of hydrogen-bond donors (Lipinski definition) is 2. The zero-order valence-corrected chi connectivity index (χ0v) is 11.3. The second kappa shape index (κ2) is 5.88. The average Bonchev–Trinajstić information content (AvgIpc) is 2.83. The van der Waals surface area contributed by atoms with E-state index in [1.807, 2.05) is 36.4 Å². The van der Waals surface area contributed by atoms with Crippen molar-refractivity contribution in [2.24, 2.45) is 5.73 Å². The third-order valence-electron chi connectivity index (χ3n) is 3.33. The molecule has 0 aliphatic carbocycles. The lowest BCUT2D eigenvalue weighted by atomic mass is 10.1. The van der Waals surface area contributed by atoms with Crippen molar-refractivity contribution in [2.45, 2.75) is 25.4 Å². The normalized spacial score (nSPS) is 22.0. The van der Waals surface area contributed by atoms with E-state index in [0.29, 0.717) is 13.0 Å². The Balaban J connectivity index is 2.22. The molecule has 3 N–H and O–H groups in total. The fraction of sp³-hybridized carbons (Fsp3) is 0.333. The number of carboxylic acids is 1. The summed E-state index contributed by atoms with van der Waals surface area (Å²) in [6, 6.07) is 8.14. The number of benzene rings is 1. The molecule has 20 heavy (non-hydrogen) atoms. The molecule has 1 saturated heterocycles. The highest BCUT2D eigenvalue weighted by atomic mass is 16.4. The van der Waals surface area contributed by atoms with Gasteiger partial charge in [0.1, 0.15) is 6.04 Å². The van der Waals surface area contributed by atoms with E-state index in [1.165, 1.54) is 4.90 Å². The Labute approximate surface area is 117 Å². The highest BCUT2D eigenvalue weighted by Crippen LogP contribution is 2.25. The zero-order chi connectivity index (χ0) is 14.7. The third kappa shape index (κ3) is 3.05. The summed E-state index contributed by atoms with van der Waals surface area (Å²) in [5.41, 5.74) is 7.50. The molecule has 0 unspecified atom stereocenters. The van der Waals surface area contributed by atoms with Gasteiger partial charge in [-0.05, 0) is 18.1 Å². The Morgan fingerprint density at radius 3 is 2.60 bits per heavy atom. The first-order valence-corrected chi connectivity index (χ1v) is 6.52. The summed E-state index contributed by atoms with van der Waals surface area (Å²) in [5, 5.41) is 9.24. The van der Waals surface area contributed by atoms with Gasteiger partial charge in [-0.15, -0.1) is 0 Å². The zero-order valence-electron chi connectivity index (χ0n) is 11.3. The molecule has 1 aliphatic heterocycles.